The molecule has 1 aliphatic carbocycles. The first kappa shape index (κ1) is 11.0. The lowest BCUT2D eigenvalue weighted by molar-refractivity contribution is -0.138. The van der Waals surface area contributed by atoms with E-state index in [1.807, 2.05) is 13.8 Å². The minimum atomic E-state index is -0.740. The number of carboxylic acids is 1. The molecule has 0 radical (unpaired) electrons. The van der Waals surface area contributed by atoms with Gasteiger partial charge in [0.25, 0.3) is 0 Å². The molecule has 1 saturated carbocycles. The number of aliphatic carboxylic acids is 1. The summed E-state index contributed by atoms with van der Waals surface area (Å²) >= 11 is 0. The van der Waals surface area contributed by atoms with Gasteiger partial charge in [-0.1, -0.05) is 31.2 Å². The summed E-state index contributed by atoms with van der Waals surface area (Å²) in [6.07, 6.45) is 2.10. The Kier molecular flexibility index (Phi) is 2.84. The van der Waals surface area contributed by atoms with Gasteiger partial charge in [-0.25, -0.2) is 0 Å². The van der Waals surface area contributed by atoms with Crippen LogP contribution in [0.15, 0.2) is 24.3 Å². The second-order valence-electron chi connectivity index (χ2n) is 4.59. The molecule has 0 saturated heterocycles. The van der Waals surface area contributed by atoms with Crippen LogP contribution in [0.1, 0.15) is 33.1 Å². The van der Waals surface area contributed by atoms with Crippen molar-refractivity contribution in [1.82, 2.24) is 0 Å². The number of carbonyl (C=O) groups is 1. The van der Waals surface area contributed by atoms with Gasteiger partial charge < -0.3 is 5.11 Å². The maximum atomic E-state index is 10.7. The van der Waals surface area contributed by atoms with Gasteiger partial charge in [0, 0.05) is 5.92 Å². The zero-order valence-corrected chi connectivity index (χ0v) is 8.97. The summed E-state index contributed by atoms with van der Waals surface area (Å²) in [7, 11) is 0. The third-order valence-corrected chi connectivity index (χ3v) is 3.32. The fourth-order valence-electron chi connectivity index (χ4n) is 2.30. The molecule has 78 valence electrons. The molecular formula is C12H18O2. The molecular weight excluding hydrogens is 176 g/mol. The van der Waals surface area contributed by atoms with Gasteiger partial charge in [0.1, 0.15) is 0 Å². The third-order valence-electron chi connectivity index (χ3n) is 3.32. The Morgan fingerprint density at radius 1 is 1.71 bits per heavy atom. The predicted octanol–water partition coefficient (Wildman–Crippen LogP) is 3.01. The van der Waals surface area contributed by atoms with Gasteiger partial charge >= 0.3 is 5.97 Å². The van der Waals surface area contributed by atoms with E-state index in [4.69, 9.17) is 5.11 Å². The molecule has 14 heavy (non-hydrogen) atoms. The monoisotopic (exact) mass is 194 g/mol. The molecule has 0 unspecified atom stereocenters. The van der Waals surface area contributed by atoms with E-state index in [0.29, 0.717) is 5.92 Å². The molecule has 0 aromatic rings. The van der Waals surface area contributed by atoms with E-state index in [9.17, 15) is 4.79 Å². The van der Waals surface area contributed by atoms with Crippen molar-refractivity contribution in [2.45, 2.75) is 33.1 Å². The van der Waals surface area contributed by atoms with Crippen molar-refractivity contribution in [3.05, 3.63) is 24.3 Å². The Labute approximate surface area is 85.3 Å². The molecule has 0 aliphatic heterocycles. The lowest BCUT2D eigenvalue weighted by Gasteiger charge is -2.25. The first-order valence-corrected chi connectivity index (χ1v) is 4.93. The van der Waals surface area contributed by atoms with E-state index >= 15 is 0 Å². The smallest absolute Gasteiger partial charge is 0.304 e. The van der Waals surface area contributed by atoms with Crippen molar-refractivity contribution in [2.75, 3.05) is 0 Å². The van der Waals surface area contributed by atoms with Crippen LogP contribution in [0.25, 0.3) is 0 Å². The maximum absolute atomic E-state index is 10.7. The SMILES string of the molecule is C=C(C)[C@@H]1CC[C@@](C)(CC(=O)O)C1=C. The van der Waals surface area contributed by atoms with Crippen LogP contribution < -0.4 is 0 Å². The highest BCUT2D eigenvalue weighted by Gasteiger charge is 2.40. The number of hydrogen-bond donors (Lipinski definition) is 1. The molecule has 0 aromatic carbocycles. The van der Waals surface area contributed by atoms with Crippen LogP contribution in [0.2, 0.25) is 0 Å². The molecule has 1 rings (SSSR count). The van der Waals surface area contributed by atoms with E-state index < -0.39 is 5.97 Å². The Morgan fingerprint density at radius 2 is 2.29 bits per heavy atom. The van der Waals surface area contributed by atoms with E-state index in [1.165, 1.54) is 0 Å². The van der Waals surface area contributed by atoms with Crippen LogP contribution in [0, 0.1) is 11.3 Å². The summed E-state index contributed by atoms with van der Waals surface area (Å²) in [5.41, 5.74) is 1.92. The van der Waals surface area contributed by atoms with Crippen molar-refractivity contribution in [3.63, 3.8) is 0 Å². The van der Waals surface area contributed by atoms with E-state index in [0.717, 1.165) is 24.0 Å². The Balaban J connectivity index is 2.81. The molecule has 1 aliphatic rings. The highest BCUT2D eigenvalue weighted by molar-refractivity contribution is 5.68. The summed E-state index contributed by atoms with van der Waals surface area (Å²) in [5.74, 6) is -0.421. The Morgan fingerprint density at radius 3 is 2.64 bits per heavy atom. The highest BCUT2D eigenvalue weighted by Crippen LogP contribution is 2.49. The van der Waals surface area contributed by atoms with Gasteiger partial charge in [-0.05, 0) is 25.2 Å². The van der Waals surface area contributed by atoms with Crippen LogP contribution in [0.5, 0.6) is 0 Å². The topological polar surface area (TPSA) is 37.3 Å². The zero-order chi connectivity index (χ0) is 10.9. The van der Waals surface area contributed by atoms with Crippen molar-refractivity contribution in [1.29, 1.82) is 0 Å². The number of carboxylic acid groups (broad SMARTS) is 1. The first-order valence-electron chi connectivity index (χ1n) is 4.93. The van der Waals surface area contributed by atoms with Gasteiger partial charge in [-0.2, -0.15) is 0 Å². The standard InChI is InChI=1S/C12H18O2/c1-8(2)10-5-6-12(4,9(10)3)7-11(13)14/h10H,1,3,5-7H2,2,4H3,(H,13,14)/t10-,12-/m0/s1. The van der Waals surface area contributed by atoms with Crippen LogP contribution in [0.3, 0.4) is 0 Å². The fourth-order valence-corrected chi connectivity index (χ4v) is 2.30. The zero-order valence-electron chi connectivity index (χ0n) is 8.97. The van der Waals surface area contributed by atoms with Crippen molar-refractivity contribution in [2.24, 2.45) is 11.3 Å². The average Bonchev–Trinajstić information content (AvgIpc) is 2.27. The highest BCUT2D eigenvalue weighted by atomic mass is 16.4. The van der Waals surface area contributed by atoms with Gasteiger partial charge in [0.2, 0.25) is 0 Å². The summed E-state index contributed by atoms with van der Waals surface area (Å²) in [5, 5.41) is 8.82. The molecule has 1 N–H and O–H groups in total. The quantitative estimate of drug-likeness (QED) is 0.701. The molecule has 0 spiro atoms. The number of hydrogen-bond acceptors (Lipinski definition) is 1. The Bertz CT molecular complexity index is 291. The molecule has 2 nitrogen and oxygen atoms in total. The summed E-state index contributed by atoms with van der Waals surface area (Å²) in [6, 6.07) is 0. The van der Waals surface area contributed by atoms with Crippen molar-refractivity contribution in [3.8, 4) is 0 Å². The van der Waals surface area contributed by atoms with Crippen molar-refractivity contribution < 1.29 is 9.90 Å². The molecule has 2 atom stereocenters. The van der Waals surface area contributed by atoms with Crippen LogP contribution >= 0.6 is 0 Å². The van der Waals surface area contributed by atoms with Crippen LogP contribution in [-0.4, -0.2) is 11.1 Å². The minimum Gasteiger partial charge on any atom is -0.481 e. The van der Waals surface area contributed by atoms with Gasteiger partial charge in [0.05, 0.1) is 6.42 Å². The molecule has 2 heteroatoms. The second-order valence-corrected chi connectivity index (χ2v) is 4.59. The van der Waals surface area contributed by atoms with Crippen LogP contribution in [0.4, 0.5) is 0 Å². The normalized spacial score (nSPS) is 31.9. The summed E-state index contributed by atoms with van der Waals surface area (Å²) in [4.78, 5) is 10.7. The average molecular weight is 194 g/mol. The van der Waals surface area contributed by atoms with Crippen LogP contribution in [-0.2, 0) is 4.79 Å². The molecule has 1 fully saturated rings. The second kappa shape index (κ2) is 3.60. The predicted molar refractivity (Wildman–Crippen MR) is 57.0 cm³/mol. The Hall–Kier alpha value is -1.05. The fraction of sp³-hybridized carbons (Fsp3) is 0.583. The lowest BCUT2D eigenvalue weighted by Crippen LogP contribution is -2.19. The van der Waals surface area contributed by atoms with Gasteiger partial charge in [-0.15, -0.1) is 0 Å². The molecule has 0 bridgehead atoms. The minimum absolute atomic E-state index is 0.190. The van der Waals surface area contributed by atoms with E-state index in [-0.39, 0.29) is 11.8 Å². The van der Waals surface area contributed by atoms with Gasteiger partial charge in [0.15, 0.2) is 0 Å². The third kappa shape index (κ3) is 1.89. The van der Waals surface area contributed by atoms with E-state index in [1.54, 1.807) is 0 Å². The number of rotatable bonds is 3. The maximum Gasteiger partial charge on any atom is 0.304 e. The first-order chi connectivity index (χ1) is 6.37. The lowest BCUT2D eigenvalue weighted by atomic mass is 9.79. The summed E-state index contributed by atoms with van der Waals surface area (Å²) < 4.78 is 0. The van der Waals surface area contributed by atoms with Crippen molar-refractivity contribution >= 4 is 5.97 Å². The molecule has 0 heterocycles. The largest absolute Gasteiger partial charge is 0.481 e. The number of allylic oxidation sites excluding steroid dienone is 2. The van der Waals surface area contributed by atoms with E-state index in [2.05, 4.69) is 13.2 Å². The molecule has 0 amide bonds. The van der Waals surface area contributed by atoms with Gasteiger partial charge in [-0.3, -0.25) is 4.79 Å². The molecule has 0 aromatic heterocycles. The summed E-state index contributed by atoms with van der Waals surface area (Å²) in [6.45, 7) is 11.9.